The fourth-order valence-corrected chi connectivity index (χ4v) is 3.56. The Morgan fingerprint density at radius 1 is 1.24 bits per heavy atom. The van der Waals surface area contributed by atoms with Crippen LogP contribution < -0.4 is 16.3 Å². The quantitative estimate of drug-likeness (QED) is 0.259. The largest absolute Gasteiger partial charge is 0.357 e. The van der Waals surface area contributed by atoms with Crippen molar-refractivity contribution in [3.8, 4) is 0 Å². The molecule has 0 saturated carbocycles. The number of hydrogen-bond donors (Lipinski definition) is 2. The van der Waals surface area contributed by atoms with Crippen LogP contribution in [0, 0.1) is 13.8 Å². The van der Waals surface area contributed by atoms with Gasteiger partial charge >= 0.3 is 5.69 Å². The van der Waals surface area contributed by atoms with Crippen LogP contribution in [0.25, 0.3) is 0 Å². The number of nitrogens with zero attached hydrogens (tertiary/aromatic N) is 4. The van der Waals surface area contributed by atoms with E-state index in [9.17, 15) is 4.79 Å². The van der Waals surface area contributed by atoms with Crippen LogP contribution in [0.2, 0.25) is 0 Å². The van der Waals surface area contributed by atoms with E-state index in [0.29, 0.717) is 13.1 Å². The molecule has 0 bridgehead atoms. The van der Waals surface area contributed by atoms with Gasteiger partial charge in [-0.3, -0.25) is 4.57 Å². The molecule has 1 aliphatic rings. The standard InChI is InChI=1S/C21H32N6O.HI/c1-4-22-20(24-15-18-10-9-16(2)14-17(18)3)23-11-7-13-27-21(28)26-12-6-5-8-19(26)25-27;/h9-10,14H,4-8,11-13,15H2,1-3H3,(H2,22,23,24);1H. The summed E-state index contributed by atoms with van der Waals surface area (Å²) in [6.45, 7) is 9.93. The lowest BCUT2D eigenvalue weighted by molar-refractivity contribution is 0.509. The summed E-state index contributed by atoms with van der Waals surface area (Å²) in [4.78, 5) is 17.1. The predicted octanol–water partition coefficient (Wildman–Crippen LogP) is 2.76. The Labute approximate surface area is 190 Å². The summed E-state index contributed by atoms with van der Waals surface area (Å²) >= 11 is 0. The maximum atomic E-state index is 12.4. The number of fused-ring (bicyclic) bond motifs is 1. The average molecular weight is 512 g/mol. The van der Waals surface area contributed by atoms with Gasteiger partial charge in [0.05, 0.1) is 6.54 Å². The van der Waals surface area contributed by atoms with Gasteiger partial charge in [0.2, 0.25) is 0 Å². The number of aliphatic imine (C=N–C) groups is 1. The molecule has 1 aromatic carbocycles. The minimum absolute atomic E-state index is 0. The Kier molecular flexibility index (Phi) is 9.19. The molecule has 0 atom stereocenters. The molecule has 8 heteroatoms. The second kappa shape index (κ2) is 11.4. The zero-order valence-electron chi connectivity index (χ0n) is 17.7. The highest BCUT2D eigenvalue weighted by molar-refractivity contribution is 14.0. The van der Waals surface area contributed by atoms with E-state index in [0.717, 1.165) is 57.1 Å². The lowest BCUT2D eigenvalue weighted by Crippen LogP contribution is -2.38. The first kappa shape index (κ1) is 23.4. The van der Waals surface area contributed by atoms with Crippen molar-refractivity contribution in [3.63, 3.8) is 0 Å². The van der Waals surface area contributed by atoms with Crippen molar-refractivity contribution in [1.29, 1.82) is 0 Å². The fourth-order valence-electron chi connectivity index (χ4n) is 3.56. The molecule has 2 aromatic rings. The maximum absolute atomic E-state index is 12.4. The normalized spacial score (nSPS) is 13.6. The number of rotatable bonds is 7. The minimum Gasteiger partial charge on any atom is -0.357 e. The van der Waals surface area contributed by atoms with Gasteiger partial charge in [-0.1, -0.05) is 23.8 Å². The van der Waals surface area contributed by atoms with Crippen molar-refractivity contribution in [2.75, 3.05) is 13.1 Å². The van der Waals surface area contributed by atoms with Crippen molar-refractivity contribution < 1.29 is 0 Å². The molecule has 2 N–H and O–H groups in total. The van der Waals surface area contributed by atoms with E-state index in [4.69, 9.17) is 4.99 Å². The van der Waals surface area contributed by atoms with Crippen LogP contribution in [0.4, 0.5) is 0 Å². The fraction of sp³-hybridized carbons (Fsp3) is 0.571. The Bertz CT molecular complexity index is 886. The summed E-state index contributed by atoms with van der Waals surface area (Å²) < 4.78 is 3.44. The summed E-state index contributed by atoms with van der Waals surface area (Å²) in [5.41, 5.74) is 3.80. The topological polar surface area (TPSA) is 76.2 Å². The van der Waals surface area contributed by atoms with E-state index < -0.39 is 0 Å². The van der Waals surface area contributed by atoms with Gasteiger partial charge in [-0.25, -0.2) is 14.5 Å². The minimum atomic E-state index is 0. The van der Waals surface area contributed by atoms with Gasteiger partial charge in [-0.2, -0.15) is 5.10 Å². The van der Waals surface area contributed by atoms with Gasteiger partial charge in [0.15, 0.2) is 5.96 Å². The summed E-state index contributed by atoms with van der Waals surface area (Å²) in [5.74, 6) is 1.74. The molecular formula is C21H33IN6O. The van der Waals surface area contributed by atoms with Gasteiger partial charge in [-0.05, 0) is 51.2 Å². The number of halogens is 1. The second-order valence-corrected chi connectivity index (χ2v) is 7.44. The third-order valence-electron chi connectivity index (χ3n) is 5.12. The van der Waals surface area contributed by atoms with Crippen molar-refractivity contribution in [3.05, 3.63) is 51.2 Å². The van der Waals surface area contributed by atoms with E-state index in [2.05, 4.69) is 54.7 Å². The van der Waals surface area contributed by atoms with Gasteiger partial charge < -0.3 is 10.6 Å². The number of guanidine groups is 1. The average Bonchev–Trinajstić information content (AvgIpc) is 3.00. The van der Waals surface area contributed by atoms with Crippen molar-refractivity contribution in [2.45, 2.75) is 66.1 Å². The SMILES string of the molecule is CCNC(=NCc1ccc(C)cc1C)NCCCn1nc2n(c1=O)CCCC2.I. The first-order valence-corrected chi connectivity index (χ1v) is 10.3. The second-order valence-electron chi connectivity index (χ2n) is 7.44. The van der Waals surface area contributed by atoms with Crippen molar-refractivity contribution in [1.82, 2.24) is 25.0 Å². The van der Waals surface area contributed by atoms with Gasteiger partial charge in [0.1, 0.15) is 5.82 Å². The first-order chi connectivity index (χ1) is 13.6. The molecule has 3 rings (SSSR count). The van der Waals surface area contributed by atoms with Crippen LogP contribution in [0.5, 0.6) is 0 Å². The molecule has 1 aromatic heterocycles. The molecule has 7 nitrogen and oxygen atoms in total. The molecule has 0 saturated heterocycles. The molecule has 0 spiro atoms. The summed E-state index contributed by atoms with van der Waals surface area (Å²) in [6, 6.07) is 6.46. The molecule has 0 fully saturated rings. The van der Waals surface area contributed by atoms with Gasteiger partial charge in [-0.15, -0.1) is 24.0 Å². The molecule has 2 heterocycles. The monoisotopic (exact) mass is 512 g/mol. The van der Waals surface area contributed by atoms with Crippen LogP contribution in [0.1, 0.15) is 48.7 Å². The highest BCUT2D eigenvalue weighted by atomic mass is 127. The molecule has 0 radical (unpaired) electrons. The van der Waals surface area contributed by atoms with Crippen molar-refractivity contribution in [2.24, 2.45) is 4.99 Å². The van der Waals surface area contributed by atoms with Crippen LogP contribution in [-0.2, 0) is 26.1 Å². The summed E-state index contributed by atoms with van der Waals surface area (Å²) in [7, 11) is 0. The van der Waals surface area contributed by atoms with Crippen LogP contribution in [0.3, 0.4) is 0 Å². The van der Waals surface area contributed by atoms with E-state index in [1.54, 1.807) is 4.68 Å². The number of benzene rings is 1. The molecule has 0 aliphatic carbocycles. The molecule has 29 heavy (non-hydrogen) atoms. The van der Waals surface area contributed by atoms with E-state index in [1.165, 1.54) is 16.7 Å². The van der Waals surface area contributed by atoms with E-state index in [1.807, 2.05) is 4.57 Å². The highest BCUT2D eigenvalue weighted by Gasteiger charge is 2.16. The van der Waals surface area contributed by atoms with E-state index >= 15 is 0 Å². The molecule has 0 unspecified atom stereocenters. The number of nitrogens with one attached hydrogen (secondary N) is 2. The molecule has 160 valence electrons. The van der Waals surface area contributed by atoms with Gasteiger partial charge in [0.25, 0.3) is 0 Å². The maximum Gasteiger partial charge on any atom is 0.345 e. The van der Waals surface area contributed by atoms with Crippen LogP contribution in [-0.4, -0.2) is 33.4 Å². The molecule has 0 amide bonds. The highest BCUT2D eigenvalue weighted by Crippen LogP contribution is 2.11. The summed E-state index contributed by atoms with van der Waals surface area (Å²) in [6.07, 6.45) is 3.94. The smallest absolute Gasteiger partial charge is 0.345 e. The molecule has 1 aliphatic heterocycles. The predicted molar refractivity (Wildman–Crippen MR) is 128 cm³/mol. The van der Waals surface area contributed by atoms with Crippen molar-refractivity contribution >= 4 is 29.9 Å². The Hall–Kier alpha value is -1.84. The third-order valence-corrected chi connectivity index (χ3v) is 5.12. The zero-order valence-corrected chi connectivity index (χ0v) is 20.0. The number of hydrogen-bond acceptors (Lipinski definition) is 3. The Morgan fingerprint density at radius 3 is 2.79 bits per heavy atom. The van der Waals surface area contributed by atoms with Crippen LogP contribution >= 0.6 is 24.0 Å². The third kappa shape index (κ3) is 6.32. The van der Waals surface area contributed by atoms with Crippen LogP contribution in [0.15, 0.2) is 28.0 Å². The zero-order chi connectivity index (χ0) is 19.9. The lowest BCUT2D eigenvalue weighted by atomic mass is 10.1. The Balaban J connectivity index is 0.00000300. The number of aromatic nitrogens is 3. The Morgan fingerprint density at radius 2 is 2.07 bits per heavy atom. The first-order valence-electron chi connectivity index (χ1n) is 10.3. The van der Waals surface area contributed by atoms with Gasteiger partial charge in [0, 0.05) is 32.6 Å². The number of aryl methyl sites for hydroxylation is 4. The molecular weight excluding hydrogens is 479 g/mol. The summed E-state index contributed by atoms with van der Waals surface area (Å²) in [5, 5.41) is 11.1. The lowest BCUT2D eigenvalue weighted by Gasteiger charge is -2.12. The van der Waals surface area contributed by atoms with E-state index in [-0.39, 0.29) is 29.7 Å².